The fourth-order valence-electron chi connectivity index (χ4n) is 6.92. The number of fused-ring (bicyclic) bond motifs is 2. The molecular weight excluding hydrogens is 474 g/mol. The summed E-state index contributed by atoms with van der Waals surface area (Å²) >= 11 is 1.54. The number of anilines is 1. The van der Waals surface area contributed by atoms with E-state index in [1.165, 1.54) is 4.88 Å². The average Bonchev–Trinajstić information content (AvgIpc) is 3.53. The molecule has 7 nitrogen and oxygen atoms in total. The smallest absolute Gasteiger partial charge is 0.257 e. The monoisotopic (exact) mass is 511 g/mol. The number of aliphatic hydroxyl groups excluding tert-OH is 1. The van der Waals surface area contributed by atoms with E-state index in [0.29, 0.717) is 16.4 Å². The molecule has 0 spiro atoms. The minimum absolute atomic E-state index is 0.0322. The maximum absolute atomic E-state index is 13.1. The molecule has 1 saturated heterocycles. The summed E-state index contributed by atoms with van der Waals surface area (Å²) in [4.78, 5) is 33.9. The highest BCUT2D eigenvalue weighted by molar-refractivity contribution is 7.15. The number of nitrogens with zero attached hydrogens (tertiary/aromatic N) is 2. The highest BCUT2D eigenvalue weighted by atomic mass is 32.1. The van der Waals surface area contributed by atoms with Crippen LogP contribution in [0, 0.1) is 23.2 Å². The highest BCUT2D eigenvalue weighted by Crippen LogP contribution is 2.57. The van der Waals surface area contributed by atoms with E-state index in [-0.39, 0.29) is 40.9 Å². The summed E-state index contributed by atoms with van der Waals surface area (Å²) < 4.78 is 5.18. The number of likely N-dealkylation sites (tertiary alicyclic amines) is 1. The Balaban J connectivity index is 1.33. The van der Waals surface area contributed by atoms with Crippen LogP contribution in [0.1, 0.15) is 73.3 Å². The van der Waals surface area contributed by atoms with Crippen LogP contribution in [-0.4, -0.2) is 53.1 Å². The number of carbonyl (C=O) groups is 2. The quantitative estimate of drug-likeness (QED) is 0.606. The van der Waals surface area contributed by atoms with Crippen molar-refractivity contribution in [2.24, 2.45) is 23.2 Å². The largest absolute Gasteiger partial charge is 0.497 e. The third-order valence-electron chi connectivity index (χ3n) is 8.94. The molecule has 2 fully saturated rings. The third-order valence-corrected chi connectivity index (χ3v) is 9.93. The molecular formula is C28H37N3O4S. The van der Waals surface area contributed by atoms with Gasteiger partial charge in [0.1, 0.15) is 5.75 Å². The molecule has 0 bridgehead atoms. The van der Waals surface area contributed by atoms with E-state index in [2.05, 4.69) is 19.2 Å². The van der Waals surface area contributed by atoms with E-state index < -0.39 is 6.10 Å². The van der Waals surface area contributed by atoms with E-state index in [9.17, 15) is 14.7 Å². The Morgan fingerprint density at radius 3 is 2.61 bits per heavy atom. The first-order valence-electron chi connectivity index (χ1n) is 13.1. The summed E-state index contributed by atoms with van der Waals surface area (Å²) in [5.41, 5.74) is 1.47. The lowest BCUT2D eigenvalue weighted by Crippen LogP contribution is -2.53. The van der Waals surface area contributed by atoms with Gasteiger partial charge in [0.15, 0.2) is 5.13 Å². The van der Waals surface area contributed by atoms with Crippen LogP contribution in [0.2, 0.25) is 0 Å². The van der Waals surface area contributed by atoms with Gasteiger partial charge >= 0.3 is 0 Å². The summed E-state index contributed by atoms with van der Waals surface area (Å²) in [5, 5.41) is 15.2. The highest BCUT2D eigenvalue weighted by Gasteiger charge is 2.54. The van der Waals surface area contributed by atoms with Crippen LogP contribution in [0.15, 0.2) is 24.3 Å². The lowest BCUT2D eigenvalue weighted by atomic mass is 9.53. The van der Waals surface area contributed by atoms with Crippen LogP contribution in [-0.2, 0) is 11.2 Å². The van der Waals surface area contributed by atoms with Gasteiger partial charge in [-0.2, -0.15) is 0 Å². The normalized spacial score (nSPS) is 30.3. The molecule has 6 atom stereocenters. The van der Waals surface area contributed by atoms with Crippen molar-refractivity contribution >= 4 is 28.3 Å². The molecule has 1 aliphatic heterocycles. The van der Waals surface area contributed by atoms with Crippen molar-refractivity contribution in [2.45, 2.75) is 64.9 Å². The lowest BCUT2D eigenvalue weighted by Gasteiger charge is -2.53. The summed E-state index contributed by atoms with van der Waals surface area (Å²) in [6.07, 6.45) is 4.28. The maximum atomic E-state index is 13.1. The predicted octanol–water partition coefficient (Wildman–Crippen LogP) is 4.72. The first kappa shape index (κ1) is 25.2. The first-order valence-corrected chi connectivity index (χ1v) is 14.0. The van der Waals surface area contributed by atoms with Gasteiger partial charge in [-0.3, -0.25) is 14.9 Å². The van der Waals surface area contributed by atoms with Gasteiger partial charge < -0.3 is 14.7 Å². The summed E-state index contributed by atoms with van der Waals surface area (Å²) in [5.74, 6) is 0.572. The van der Waals surface area contributed by atoms with Gasteiger partial charge in [-0.05, 0) is 73.6 Å². The number of aliphatic hydroxyl groups is 1. The fourth-order valence-corrected chi connectivity index (χ4v) is 8.18. The molecule has 1 aromatic heterocycles. The van der Waals surface area contributed by atoms with Crippen LogP contribution in [0.4, 0.5) is 5.13 Å². The van der Waals surface area contributed by atoms with Crippen LogP contribution in [0.5, 0.6) is 5.75 Å². The van der Waals surface area contributed by atoms with Crippen molar-refractivity contribution in [3.8, 4) is 5.75 Å². The third kappa shape index (κ3) is 4.43. The molecule has 36 heavy (non-hydrogen) atoms. The molecule has 2 aliphatic carbocycles. The zero-order valence-corrected chi connectivity index (χ0v) is 22.4. The van der Waals surface area contributed by atoms with E-state index in [1.54, 1.807) is 42.7 Å². The van der Waals surface area contributed by atoms with Crippen LogP contribution >= 0.6 is 11.3 Å². The Kier molecular flexibility index (Phi) is 6.85. The lowest BCUT2D eigenvalue weighted by molar-refractivity contribution is -0.143. The Hall–Kier alpha value is -2.45. The van der Waals surface area contributed by atoms with Crippen molar-refractivity contribution < 1.29 is 19.4 Å². The van der Waals surface area contributed by atoms with E-state index >= 15 is 0 Å². The number of carbonyl (C=O) groups excluding carboxylic acids is 2. The number of hydrogen-bond acceptors (Lipinski definition) is 6. The SMILES string of the molecule is COc1ccc(C(=O)Nc2nc3c(s2)C[C@@]2(C)CC[C@H]([C@H](C)C(=O)N4CCCC4)[C@H](O)[C@H]2[C@H]3C)cc1. The molecule has 2 N–H and O–H groups in total. The molecule has 2 aromatic rings. The van der Waals surface area contributed by atoms with Crippen LogP contribution < -0.4 is 10.1 Å². The summed E-state index contributed by atoms with van der Waals surface area (Å²) in [6.45, 7) is 8.12. The van der Waals surface area contributed by atoms with Crippen molar-refractivity contribution in [1.82, 2.24) is 9.88 Å². The topological polar surface area (TPSA) is 91.8 Å². The molecule has 5 rings (SSSR count). The fraction of sp³-hybridized carbons (Fsp3) is 0.607. The van der Waals surface area contributed by atoms with Crippen LogP contribution in [0.3, 0.4) is 0 Å². The van der Waals surface area contributed by atoms with Gasteiger partial charge in [0, 0.05) is 35.4 Å². The van der Waals surface area contributed by atoms with Crippen molar-refractivity contribution in [1.29, 1.82) is 0 Å². The molecule has 0 unspecified atom stereocenters. The van der Waals surface area contributed by atoms with Gasteiger partial charge in [0.2, 0.25) is 5.91 Å². The van der Waals surface area contributed by atoms with Gasteiger partial charge in [0.05, 0.1) is 18.9 Å². The minimum Gasteiger partial charge on any atom is -0.497 e. The van der Waals surface area contributed by atoms with Gasteiger partial charge in [-0.1, -0.05) is 20.8 Å². The van der Waals surface area contributed by atoms with Crippen molar-refractivity contribution in [2.75, 3.05) is 25.5 Å². The molecule has 194 valence electrons. The Bertz CT molecular complexity index is 1130. The summed E-state index contributed by atoms with van der Waals surface area (Å²) in [7, 11) is 1.60. The number of thiazole rings is 1. The van der Waals surface area contributed by atoms with Gasteiger partial charge in [-0.15, -0.1) is 11.3 Å². The Labute approximate surface area is 217 Å². The number of ether oxygens (including phenoxy) is 1. The second kappa shape index (κ2) is 9.78. The molecule has 0 radical (unpaired) electrons. The number of hydrogen-bond donors (Lipinski definition) is 2. The van der Waals surface area contributed by atoms with Crippen molar-refractivity contribution in [3.63, 3.8) is 0 Å². The van der Waals surface area contributed by atoms with Crippen molar-refractivity contribution in [3.05, 3.63) is 40.4 Å². The standard InChI is InChI=1S/C28H37N3O4S/c1-16(26(34)31-13-5-6-14-31)20-11-12-28(3)15-21-23(17(2)22(28)24(20)32)29-27(36-21)30-25(33)18-7-9-19(35-4)10-8-18/h7-10,16-17,20,22,24,32H,5-6,11-15H2,1-4H3,(H,29,30,33)/t16-,17+,20+,22+,24-,28+/m0/s1. The second-order valence-electron chi connectivity index (χ2n) is 11.2. The Morgan fingerprint density at radius 2 is 1.94 bits per heavy atom. The molecule has 2 heterocycles. The van der Waals surface area contributed by atoms with E-state index in [1.807, 2.05) is 11.8 Å². The minimum atomic E-state index is -0.549. The summed E-state index contributed by atoms with van der Waals surface area (Å²) in [6, 6.07) is 7.01. The molecule has 8 heteroatoms. The number of amides is 2. The number of nitrogens with one attached hydrogen (secondary N) is 1. The number of methoxy groups -OCH3 is 1. The van der Waals surface area contributed by atoms with Gasteiger partial charge in [-0.25, -0.2) is 4.98 Å². The second-order valence-corrected chi connectivity index (χ2v) is 12.3. The van der Waals surface area contributed by atoms with E-state index in [0.717, 1.165) is 50.9 Å². The number of rotatable bonds is 5. The molecule has 3 aliphatic rings. The van der Waals surface area contributed by atoms with Crippen LogP contribution in [0.25, 0.3) is 0 Å². The number of aromatic nitrogens is 1. The first-order chi connectivity index (χ1) is 17.2. The number of benzene rings is 1. The van der Waals surface area contributed by atoms with E-state index in [4.69, 9.17) is 9.72 Å². The molecule has 2 amide bonds. The molecule has 1 aromatic carbocycles. The zero-order valence-electron chi connectivity index (χ0n) is 21.6. The average molecular weight is 512 g/mol. The predicted molar refractivity (Wildman–Crippen MR) is 140 cm³/mol. The van der Waals surface area contributed by atoms with Gasteiger partial charge in [0.25, 0.3) is 5.91 Å². The zero-order chi connectivity index (χ0) is 25.6. The Morgan fingerprint density at radius 1 is 1.25 bits per heavy atom. The maximum Gasteiger partial charge on any atom is 0.257 e. The molecule has 1 saturated carbocycles.